The Labute approximate surface area is 117 Å². The molecule has 0 radical (unpaired) electrons. The number of fused-ring (bicyclic) bond motifs is 1. The van der Waals surface area contributed by atoms with Gasteiger partial charge in [0.2, 0.25) is 0 Å². The Morgan fingerprint density at radius 2 is 1.73 bits per heavy atom. The highest BCUT2D eigenvalue weighted by atomic mass is 19.4. The highest BCUT2D eigenvalue weighted by Crippen LogP contribution is 2.39. The average Bonchev–Trinajstić information content (AvgIpc) is 2.73. The molecule has 0 atom stereocenters. The van der Waals surface area contributed by atoms with Gasteiger partial charge in [-0.05, 0) is 6.07 Å². The fourth-order valence-electron chi connectivity index (χ4n) is 1.94. The number of aromatic amines is 1. The van der Waals surface area contributed by atoms with Gasteiger partial charge in [-0.25, -0.2) is 4.39 Å². The lowest BCUT2D eigenvalue weighted by Gasteiger charge is -2.09. The first-order chi connectivity index (χ1) is 9.96. The molecule has 0 bridgehead atoms. The zero-order valence-electron chi connectivity index (χ0n) is 10.6. The number of methoxy groups -OCH3 is 1. The molecule has 0 aliphatic rings. The number of alkyl halides is 6. The number of carbonyl (C=O) groups is 1. The Hall–Kier alpha value is -2.26. The van der Waals surface area contributed by atoms with Crippen LogP contribution in [0.3, 0.4) is 0 Å². The van der Waals surface area contributed by atoms with Crippen molar-refractivity contribution in [3.63, 3.8) is 0 Å². The third kappa shape index (κ3) is 2.60. The molecule has 0 spiro atoms. The second kappa shape index (κ2) is 4.89. The molecule has 0 aliphatic heterocycles. The second-order valence-corrected chi connectivity index (χ2v) is 4.23. The fraction of sp³-hybridized carbons (Fsp3) is 0.250. The van der Waals surface area contributed by atoms with Crippen LogP contribution in [0.1, 0.15) is 16.1 Å². The molecule has 0 amide bonds. The normalized spacial score (nSPS) is 12.7. The molecule has 1 heterocycles. The lowest BCUT2D eigenvalue weighted by atomic mass is 10.1. The van der Waals surface area contributed by atoms with Crippen LogP contribution in [0.25, 0.3) is 10.9 Å². The summed E-state index contributed by atoms with van der Waals surface area (Å²) in [6.07, 6.45) is -10.8. The van der Waals surface area contributed by atoms with Crippen molar-refractivity contribution in [2.45, 2.75) is 12.4 Å². The van der Waals surface area contributed by atoms with Crippen molar-refractivity contribution in [1.82, 2.24) is 4.98 Å². The highest BCUT2D eigenvalue weighted by Gasteiger charge is 2.47. The van der Waals surface area contributed by atoms with Crippen LogP contribution in [0.4, 0.5) is 30.7 Å². The van der Waals surface area contributed by atoms with Crippen LogP contribution < -0.4 is 4.74 Å². The second-order valence-electron chi connectivity index (χ2n) is 4.23. The molecule has 2 aromatic rings. The Morgan fingerprint density at radius 1 is 1.14 bits per heavy atom. The predicted molar refractivity (Wildman–Crippen MR) is 60.2 cm³/mol. The minimum absolute atomic E-state index is 0.524. The standard InChI is InChI=1S/C12H6F7NO2/c1-22-7-2-4-6(3-5(7)13)20-9(11(14,15)16)8(4)10(21)12(17,18)19/h2-3,20H,1H3. The molecule has 22 heavy (non-hydrogen) atoms. The van der Waals surface area contributed by atoms with E-state index in [1.807, 2.05) is 0 Å². The van der Waals surface area contributed by atoms with Gasteiger partial charge in [-0.3, -0.25) is 4.79 Å². The number of H-pyrrole nitrogens is 1. The smallest absolute Gasteiger partial charge is 0.454 e. The summed E-state index contributed by atoms with van der Waals surface area (Å²) in [5, 5.41) is -0.729. The van der Waals surface area contributed by atoms with Crippen molar-refractivity contribution in [3.8, 4) is 5.75 Å². The number of hydrogen-bond donors (Lipinski definition) is 1. The first kappa shape index (κ1) is 16.1. The highest BCUT2D eigenvalue weighted by molar-refractivity contribution is 6.12. The molecule has 0 saturated carbocycles. The number of ketones is 1. The SMILES string of the molecule is COc1cc2c(C(=O)C(F)(F)F)c(C(F)(F)F)[nH]c2cc1F. The number of carbonyl (C=O) groups excluding carboxylic acids is 1. The molecule has 0 fully saturated rings. The molecule has 0 unspecified atom stereocenters. The molecule has 3 nitrogen and oxygen atoms in total. The van der Waals surface area contributed by atoms with Crippen molar-refractivity contribution < 1.29 is 40.3 Å². The Kier molecular flexibility index (Phi) is 3.58. The van der Waals surface area contributed by atoms with E-state index in [0.29, 0.717) is 12.1 Å². The van der Waals surface area contributed by atoms with Gasteiger partial charge in [0, 0.05) is 17.0 Å². The van der Waals surface area contributed by atoms with Crippen LogP contribution in [0, 0.1) is 5.82 Å². The van der Waals surface area contributed by atoms with Gasteiger partial charge in [0.15, 0.2) is 11.6 Å². The van der Waals surface area contributed by atoms with Crippen LogP contribution in [0.2, 0.25) is 0 Å². The summed E-state index contributed by atoms with van der Waals surface area (Å²) in [4.78, 5) is 12.9. The number of rotatable bonds is 2. The number of Topliss-reactive ketones (excluding diaryl/α,β-unsaturated/α-hetero) is 1. The first-order valence-corrected chi connectivity index (χ1v) is 5.54. The van der Waals surface area contributed by atoms with E-state index in [-0.39, 0.29) is 0 Å². The van der Waals surface area contributed by atoms with Crippen molar-refractivity contribution >= 4 is 16.7 Å². The van der Waals surface area contributed by atoms with Gasteiger partial charge in [-0.1, -0.05) is 0 Å². The van der Waals surface area contributed by atoms with Crippen LogP contribution >= 0.6 is 0 Å². The zero-order valence-corrected chi connectivity index (χ0v) is 10.6. The molecular formula is C12H6F7NO2. The van der Waals surface area contributed by atoms with Gasteiger partial charge < -0.3 is 9.72 Å². The molecule has 0 aliphatic carbocycles. The van der Waals surface area contributed by atoms with Crippen LogP contribution in [0.5, 0.6) is 5.75 Å². The number of benzene rings is 1. The number of hydrogen-bond acceptors (Lipinski definition) is 2. The largest absolute Gasteiger partial charge is 0.494 e. The summed E-state index contributed by atoms with van der Waals surface area (Å²) in [5.41, 5.74) is -4.11. The maximum atomic E-state index is 13.5. The third-order valence-corrected chi connectivity index (χ3v) is 2.84. The average molecular weight is 329 g/mol. The third-order valence-electron chi connectivity index (χ3n) is 2.84. The summed E-state index contributed by atoms with van der Waals surface area (Å²) >= 11 is 0. The van der Waals surface area contributed by atoms with E-state index in [2.05, 4.69) is 4.74 Å². The number of halogens is 7. The maximum Gasteiger partial charge on any atom is 0.454 e. The quantitative estimate of drug-likeness (QED) is 0.666. The van der Waals surface area contributed by atoms with Crippen molar-refractivity contribution in [2.24, 2.45) is 0 Å². The molecule has 120 valence electrons. The van der Waals surface area contributed by atoms with Gasteiger partial charge in [-0.15, -0.1) is 0 Å². The maximum absolute atomic E-state index is 13.5. The predicted octanol–water partition coefficient (Wildman–Crippen LogP) is 4.08. The van der Waals surface area contributed by atoms with E-state index in [0.717, 1.165) is 7.11 Å². The van der Waals surface area contributed by atoms with E-state index >= 15 is 0 Å². The van der Waals surface area contributed by atoms with Crippen LogP contribution in [-0.4, -0.2) is 24.1 Å². The van der Waals surface area contributed by atoms with Crippen LogP contribution in [0.15, 0.2) is 12.1 Å². The topological polar surface area (TPSA) is 42.1 Å². The zero-order chi connectivity index (χ0) is 16.9. The van der Waals surface area contributed by atoms with E-state index < -0.39 is 51.9 Å². The molecular weight excluding hydrogens is 323 g/mol. The van der Waals surface area contributed by atoms with E-state index in [1.54, 1.807) is 4.98 Å². The lowest BCUT2D eigenvalue weighted by Crippen LogP contribution is -2.25. The number of aromatic nitrogens is 1. The van der Waals surface area contributed by atoms with Gasteiger partial charge >= 0.3 is 12.4 Å². The van der Waals surface area contributed by atoms with E-state index in [1.165, 1.54) is 0 Å². The Balaban J connectivity index is 2.87. The summed E-state index contributed by atoms with van der Waals surface area (Å²) < 4.78 is 94.1. The van der Waals surface area contributed by atoms with Gasteiger partial charge in [-0.2, -0.15) is 26.3 Å². The summed E-state index contributed by atoms with van der Waals surface area (Å²) in [5.74, 6) is -4.35. The monoisotopic (exact) mass is 329 g/mol. The van der Waals surface area contributed by atoms with Gasteiger partial charge in [0.05, 0.1) is 12.7 Å². The number of ether oxygens (including phenoxy) is 1. The Morgan fingerprint density at radius 3 is 2.18 bits per heavy atom. The van der Waals surface area contributed by atoms with Crippen molar-refractivity contribution in [3.05, 3.63) is 29.2 Å². The molecule has 0 saturated heterocycles. The summed E-state index contributed by atoms with van der Waals surface area (Å²) in [7, 11) is 0.979. The number of nitrogens with one attached hydrogen (secondary N) is 1. The van der Waals surface area contributed by atoms with E-state index in [9.17, 15) is 35.5 Å². The molecule has 1 N–H and O–H groups in total. The molecule has 1 aromatic carbocycles. The fourth-order valence-corrected chi connectivity index (χ4v) is 1.94. The summed E-state index contributed by atoms with van der Waals surface area (Å²) in [6.45, 7) is 0. The molecule has 10 heteroatoms. The first-order valence-electron chi connectivity index (χ1n) is 5.54. The van der Waals surface area contributed by atoms with Gasteiger partial charge in [0.25, 0.3) is 5.78 Å². The van der Waals surface area contributed by atoms with Crippen molar-refractivity contribution in [1.29, 1.82) is 0 Å². The van der Waals surface area contributed by atoms with Crippen LogP contribution in [-0.2, 0) is 6.18 Å². The minimum atomic E-state index is -5.52. The minimum Gasteiger partial charge on any atom is -0.494 e. The summed E-state index contributed by atoms with van der Waals surface area (Å²) in [6, 6.07) is 1.13. The Bertz CT molecular complexity index is 742. The van der Waals surface area contributed by atoms with E-state index in [4.69, 9.17) is 0 Å². The molecule has 2 rings (SSSR count). The molecule has 1 aromatic heterocycles. The van der Waals surface area contributed by atoms with Crippen molar-refractivity contribution in [2.75, 3.05) is 7.11 Å². The van der Waals surface area contributed by atoms with Gasteiger partial charge in [0.1, 0.15) is 5.69 Å². The lowest BCUT2D eigenvalue weighted by molar-refractivity contribution is -0.141.